The maximum Gasteiger partial charge on any atom is 0.283 e. The van der Waals surface area contributed by atoms with Gasteiger partial charge >= 0.3 is 0 Å². The zero-order valence-electron chi connectivity index (χ0n) is 28.4. The average molecular weight is 672 g/mol. The number of amides is 1. The molecule has 256 valence electrons. The molecule has 7 rings (SSSR count). The summed E-state index contributed by atoms with van der Waals surface area (Å²) in [5.41, 5.74) is 4.11. The number of hydrogen-bond acceptors (Lipinski definition) is 10. The monoisotopic (exact) mass is 671 g/mol. The molecular formula is C38H41N9O3. The smallest absolute Gasteiger partial charge is 0.283 e. The van der Waals surface area contributed by atoms with Crippen LogP contribution in [0.2, 0.25) is 0 Å². The van der Waals surface area contributed by atoms with Crippen molar-refractivity contribution in [3.05, 3.63) is 102 Å². The lowest BCUT2D eigenvalue weighted by atomic mass is 10.0. The van der Waals surface area contributed by atoms with Crippen LogP contribution in [-0.4, -0.2) is 94.7 Å². The summed E-state index contributed by atoms with van der Waals surface area (Å²) in [7, 11) is 3.85. The third-order valence-corrected chi connectivity index (χ3v) is 9.52. The van der Waals surface area contributed by atoms with Crippen molar-refractivity contribution in [3.63, 3.8) is 0 Å². The Morgan fingerprint density at radius 2 is 1.70 bits per heavy atom. The Bertz CT molecular complexity index is 2070. The van der Waals surface area contributed by atoms with Crippen LogP contribution in [-0.2, 0) is 4.79 Å². The summed E-state index contributed by atoms with van der Waals surface area (Å²) < 4.78 is 7.32. The molecule has 4 heterocycles. The summed E-state index contributed by atoms with van der Waals surface area (Å²) in [6.07, 6.45) is 5.07. The van der Waals surface area contributed by atoms with E-state index in [1.165, 1.54) is 10.6 Å². The van der Waals surface area contributed by atoms with Crippen molar-refractivity contribution in [2.45, 2.75) is 18.9 Å². The van der Waals surface area contributed by atoms with E-state index in [1.54, 1.807) is 37.6 Å². The number of ether oxygens (including phenoxy) is 1. The van der Waals surface area contributed by atoms with Crippen LogP contribution < -0.4 is 25.8 Å². The molecule has 5 aromatic rings. The van der Waals surface area contributed by atoms with E-state index in [-0.39, 0.29) is 23.1 Å². The lowest BCUT2D eigenvalue weighted by Gasteiger charge is -2.42. The van der Waals surface area contributed by atoms with Gasteiger partial charge in [-0.15, -0.1) is 0 Å². The van der Waals surface area contributed by atoms with Gasteiger partial charge in [0.15, 0.2) is 5.65 Å². The number of anilines is 4. The van der Waals surface area contributed by atoms with Crippen molar-refractivity contribution >= 4 is 40.1 Å². The molecule has 1 amide bonds. The van der Waals surface area contributed by atoms with Crippen molar-refractivity contribution in [1.29, 1.82) is 0 Å². The Labute approximate surface area is 291 Å². The molecule has 12 nitrogen and oxygen atoms in total. The first-order valence-corrected chi connectivity index (χ1v) is 16.9. The van der Waals surface area contributed by atoms with E-state index in [1.807, 2.05) is 42.5 Å². The predicted octanol–water partition coefficient (Wildman–Crippen LogP) is 4.94. The standard InChI is InChI=1S/C38H41N9O3/c1-4-34(48)40-27-11-8-12-30(23-27)47-36-32(41-35(37(47)49)26-9-6-5-7-10-26)25-39-38(43-36)42-31-14-13-29(24-33(31)50-3)45-17-15-28(16-18-45)46-21-19-44(2)20-22-46/h4-14,23-25,28H,1,15-22H2,2-3H3,(H,40,48)(H,39,42,43). The van der Waals surface area contributed by atoms with Gasteiger partial charge in [0.2, 0.25) is 11.9 Å². The molecule has 0 atom stereocenters. The number of methoxy groups -OCH3 is 1. The number of piperidine rings is 1. The topological polar surface area (TPSA) is 121 Å². The molecule has 12 heteroatoms. The SMILES string of the molecule is C=CC(=O)Nc1cccc(-n2c(=O)c(-c3ccccc3)nc3cnc(Nc4ccc(N5CCC(N6CCN(C)CC6)CC5)cc4OC)nc32)c1. The second-order valence-corrected chi connectivity index (χ2v) is 12.7. The molecule has 2 saturated heterocycles. The first-order valence-electron chi connectivity index (χ1n) is 16.9. The minimum absolute atomic E-state index is 0.257. The third-order valence-electron chi connectivity index (χ3n) is 9.52. The number of carbonyl (C=O) groups is 1. The van der Waals surface area contributed by atoms with Gasteiger partial charge in [-0.25, -0.2) is 9.97 Å². The van der Waals surface area contributed by atoms with E-state index in [4.69, 9.17) is 14.7 Å². The van der Waals surface area contributed by atoms with Gasteiger partial charge in [0, 0.05) is 68.3 Å². The highest BCUT2D eigenvalue weighted by Crippen LogP contribution is 2.33. The fourth-order valence-corrected chi connectivity index (χ4v) is 6.76. The molecule has 50 heavy (non-hydrogen) atoms. The number of rotatable bonds is 9. The van der Waals surface area contributed by atoms with Crippen LogP contribution >= 0.6 is 0 Å². The van der Waals surface area contributed by atoms with Gasteiger partial charge in [-0.05, 0) is 56.3 Å². The van der Waals surface area contributed by atoms with Crippen molar-refractivity contribution in [1.82, 2.24) is 29.3 Å². The van der Waals surface area contributed by atoms with E-state index in [0.717, 1.165) is 57.8 Å². The minimum atomic E-state index is -0.362. The van der Waals surface area contributed by atoms with Gasteiger partial charge in [0.05, 0.1) is 24.7 Å². The second-order valence-electron chi connectivity index (χ2n) is 12.7. The molecule has 0 aliphatic carbocycles. The van der Waals surface area contributed by atoms with Crippen molar-refractivity contribution in [2.75, 3.05) is 69.0 Å². The van der Waals surface area contributed by atoms with Gasteiger partial charge < -0.3 is 25.2 Å². The van der Waals surface area contributed by atoms with Crippen molar-refractivity contribution in [2.24, 2.45) is 0 Å². The Hall–Kier alpha value is -5.59. The van der Waals surface area contributed by atoms with Gasteiger partial charge in [-0.3, -0.25) is 19.1 Å². The van der Waals surface area contributed by atoms with Crippen molar-refractivity contribution in [3.8, 4) is 22.7 Å². The molecule has 0 spiro atoms. The Kier molecular flexibility index (Phi) is 9.54. The maximum absolute atomic E-state index is 14.1. The predicted molar refractivity (Wildman–Crippen MR) is 198 cm³/mol. The zero-order chi connectivity index (χ0) is 34.6. The van der Waals surface area contributed by atoms with Gasteiger partial charge in [-0.1, -0.05) is 43.0 Å². The molecule has 2 fully saturated rings. The van der Waals surface area contributed by atoms with Gasteiger partial charge in [0.1, 0.15) is 17.0 Å². The van der Waals surface area contributed by atoms with Crippen LogP contribution in [0.3, 0.4) is 0 Å². The number of hydrogen-bond donors (Lipinski definition) is 2. The lowest BCUT2D eigenvalue weighted by Crippen LogP contribution is -2.52. The van der Waals surface area contributed by atoms with E-state index < -0.39 is 0 Å². The molecule has 0 radical (unpaired) electrons. The molecule has 2 aliphatic heterocycles. The van der Waals surface area contributed by atoms with Crippen LogP contribution in [0.5, 0.6) is 5.75 Å². The van der Waals surface area contributed by atoms with Crippen LogP contribution in [0.4, 0.5) is 23.0 Å². The fraction of sp³-hybridized carbons (Fsp3) is 0.289. The highest BCUT2D eigenvalue weighted by Gasteiger charge is 2.27. The molecular weight excluding hydrogens is 630 g/mol. The number of nitrogens with one attached hydrogen (secondary N) is 2. The van der Waals surface area contributed by atoms with Crippen LogP contribution in [0.1, 0.15) is 12.8 Å². The number of likely N-dealkylation sites (N-methyl/N-ethyl adjacent to an activating group) is 1. The van der Waals surface area contributed by atoms with E-state index in [2.05, 4.69) is 50.0 Å². The summed E-state index contributed by atoms with van der Waals surface area (Å²) in [5.74, 6) is 0.575. The summed E-state index contributed by atoms with van der Waals surface area (Å²) in [5, 5.41) is 6.07. The highest BCUT2D eigenvalue weighted by molar-refractivity contribution is 5.99. The summed E-state index contributed by atoms with van der Waals surface area (Å²) in [6, 6.07) is 23.0. The van der Waals surface area contributed by atoms with Crippen LogP contribution in [0, 0.1) is 0 Å². The largest absolute Gasteiger partial charge is 0.494 e. The number of fused-ring (bicyclic) bond motifs is 1. The molecule has 2 aliphatic rings. The van der Waals surface area contributed by atoms with E-state index in [0.29, 0.717) is 45.6 Å². The molecule has 3 aromatic carbocycles. The number of nitrogens with zero attached hydrogens (tertiary/aromatic N) is 7. The summed E-state index contributed by atoms with van der Waals surface area (Å²) >= 11 is 0. The number of piperazine rings is 1. The van der Waals surface area contributed by atoms with E-state index >= 15 is 0 Å². The lowest BCUT2D eigenvalue weighted by molar-refractivity contribution is -0.111. The first kappa shape index (κ1) is 32.9. The van der Waals surface area contributed by atoms with Gasteiger partial charge in [-0.2, -0.15) is 4.98 Å². The third kappa shape index (κ3) is 6.93. The van der Waals surface area contributed by atoms with Gasteiger partial charge in [0.25, 0.3) is 5.56 Å². The minimum Gasteiger partial charge on any atom is -0.494 e. The van der Waals surface area contributed by atoms with E-state index in [9.17, 15) is 9.59 Å². The Morgan fingerprint density at radius 3 is 2.44 bits per heavy atom. The highest BCUT2D eigenvalue weighted by atomic mass is 16.5. The molecule has 2 N–H and O–H groups in total. The fourth-order valence-electron chi connectivity index (χ4n) is 6.76. The second kappa shape index (κ2) is 14.5. The van der Waals surface area contributed by atoms with Crippen molar-refractivity contribution < 1.29 is 9.53 Å². The normalized spacial score (nSPS) is 15.9. The first-order chi connectivity index (χ1) is 24.4. The number of carbonyl (C=O) groups excluding carboxylic acids is 1. The number of aromatic nitrogens is 4. The summed E-state index contributed by atoms with van der Waals surface area (Å²) in [6.45, 7) is 10.1. The molecule has 0 saturated carbocycles. The molecule has 0 unspecified atom stereocenters. The summed E-state index contributed by atoms with van der Waals surface area (Å²) in [4.78, 5) is 47.7. The zero-order valence-corrected chi connectivity index (χ0v) is 28.4. The average Bonchev–Trinajstić information content (AvgIpc) is 3.15. The Balaban J connectivity index is 1.18. The van der Waals surface area contributed by atoms with Crippen LogP contribution in [0.15, 0.2) is 96.4 Å². The maximum atomic E-state index is 14.1. The number of benzene rings is 3. The molecule has 2 aromatic heterocycles. The Morgan fingerprint density at radius 1 is 0.920 bits per heavy atom. The quantitative estimate of drug-likeness (QED) is 0.209. The van der Waals surface area contributed by atoms with Crippen LogP contribution in [0.25, 0.3) is 28.1 Å². The molecule has 0 bridgehead atoms.